The smallest absolute Gasteiger partial charge is 0.215 e. The van der Waals surface area contributed by atoms with E-state index in [0.29, 0.717) is 12.1 Å². The molecule has 0 N–H and O–H groups in total. The summed E-state index contributed by atoms with van der Waals surface area (Å²) in [7, 11) is 2.81. The first kappa shape index (κ1) is 13.1. The van der Waals surface area contributed by atoms with E-state index < -0.39 is 23.2 Å². The van der Waals surface area contributed by atoms with Gasteiger partial charge in [-0.05, 0) is 12.1 Å². The Balaban J connectivity index is 2.53. The van der Waals surface area contributed by atoms with Crippen LogP contribution in [0.3, 0.4) is 0 Å². The Morgan fingerprint density at radius 2 is 1.84 bits per heavy atom. The number of aryl methyl sites for hydroxylation is 1. The van der Waals surface area contributed by atoms with Gasteiger partial charge in [-0.3, -0.25) is 9.48 Å². The minimum atomic E-state index is -1.62. The minimum Gasteiger partial charge on any atom is -0.493 e. The fraction of sp³-hybridized carbons (Fsp3) is 0.167. The summed E-state index contributed by atoms with van der Waals surface area (Å²) in [5, 5.41) is 3.81. The number of rotatable bonds is 3. The van der Waals surface area contributed by atoms with Gasteiger partial charge in [0.15, 0.2) is 28.9 Å². The summed E-state index contributed by atoms with van der Waals surface area (Å²) in [5.74, 6) is -5.02. The first-order valence-corrected chi connectivity index (χ1v) is 5.21. The topological polar surface area (TPSA) is 44.1 Å². The molecule has 100 valence electrons. The molecule has 1 aromatic carbocycles. The van der Waals surface area contributed by atoms with Crippen molar-refractivity contribution in [3.05, 3.63) is 47.0 Å². The van der Waals surface area contributed by atoms with Crippen LogP contribution in [0.5, 0.6) is 5.75 Å². The second kappa shape index (κ2) is 4.75. The lowest BCUT2D eigenvalue weighted by Gasteiger charge is -2.05. The molecule has 0 aliphatic heterocycles. The van der Waals surface area contributed by atoms with Crippen LogP contribution >= 0.6 is 0 Å². The maximum atomic E-state index is 13.1. The van der Waals surface area contributed by atoms with Gasteiger partial charge in [-0.25, -0.2) is 13.2 Å². The molecule has 1 aromatic heterocycles. The van der Waals surface area contributed by atoms with Gasteiger partial charge >= 0.3 is 0 Å². The highest BCUT2D eigenvalue weighted by atomic mass is 19.2. The fourth-order valence-electron chi connectivity index (χ4n) is 1.65. The van der Waals surface area contributed by atoms with Gasteiger partial charge in [0.05, 0.1) is 13.3 Å². The Morgan fingerprint density at radius 3 is 2.37 bits per heavy atom. The van der Waals surface area contributed by atoms with Crippen molar-refractivity contribution in [3.63, 3.8) is 0 Å². The Morgan fingerprint density at radius 1 is 1.26 bits per heavy atom. The maximum Gasteiger partial charge on any atom is 0.215 e. The van der Waals surface area contributed by atoms with Gasteiger partial charge in [0.2, 0.25) is 5.78 Å². The van der Waals surface area contributed by atoms with E-state index in [1.54, 1.807) is 0 Å². The van der Waals surface area contributed by atoms with Crippen molar-refractivity contribution in [2.24, 2.45) is 7.05 Å². The monoisotopic (exact) mass is 270 g/mol. The van der Waals surface area contributed by atoms with Crippen molar-refractivity contribution >= 4 is 5.78 Å². The van der Waals surface area contributed by atoms with Crippen molar-refractivity contribution < 1.29 is 22.7 Å². The number of carbonyl (C=O) groups excluding carboxylic acids is 1. The van der Waals surface area contributed by atoms with Crippen LogP contribution in [-0.4, -0.2) is 22.7 Å². The van der Waals surface area contributed by atoms with Crippen molar-refractivity contribution in [2.45, 2.75) is 0 Å². The first-order valence-electron chi connectivity index (χ1n) is 5.21. The summed E-state index contributed by atoms with van der Waals surface area (Å²) < 4.78 is 45.2. The van der Waals surface area contributed by atoms with E-state index in [4.69, 9.17) is 4.74 Å². The number of ketones is 1. The van der Waals surface area contributed by atoms with Crippen LogP contribution in [0.1, 0.15) is 16.1 Å². The summed E-state index contributed by atoms with van der Waals surface area (Å²) >= 11 is 0. The normalized spacial score (nSPS) is 10.6. The van der Waals surface area contributed by atoms with E-state index in [2.05, 4.69) is 5.10 Å². The van der Waals surface area contributed by atoms with Crippen LogP contribution in [0, 0.1) is 17.5 Å². The fourth-order valence-corrected chi connectivity index (χ4v) is 1.65. The number of methoxy groups -OCH3 is 1. The second-order valence-electron chi connectivity index (χ2n) is 3.77. The van der Waals surface area contributed by atoms with Crippen LogP contribution in [-0.2, 0) is 7.05 Å². The molecule has 0 saturated heterocycles. The maximum absolute atomic E-state index is 13.1. The summed E-state index contributed by atoms with van der Waals surface area (Å²) in [4.78, 5) is 12.1. The lowest BCUT2D eigenvalue weighted by Crippen LogP contribution is -2.11. The zero-order valence-electron chi connectivity index (χ0n) is 10.1. The summed E-state index contributed by atoms with van der Waals surface area (Å²) in [5.41, 5.74) is -0.300. The lowest BCUT2D eigenvalue weighted by molar-refractivity contribution is 0.102. The van der Waals surface area contributed by atoms with Gasteiger partial charge in [0, 0.05) is 12.6 Å². The van der Waals surface area contributed by atoms with Crippen LogP contribution < -0.4 is 4.74 Å². The molecule has 19 heavy (non-hydrogen) atoms. The van der Waals surface area contributed by atoms with E-state index in [-0.39, 0.29) is 17.0 Å². The van der Waals surface area contributed by atoms with Crippen molar-refractivity contribution in [1.29, 1.82) is 0 Å². The molecule has 1 heterocycles. The standard InChI is InChI=1S/C12H9F3N2O2/c1-17-11(9(19-2)5-16-17)12(18)6-3-7(13)10(15)8(14)4-6/h3-5H,1-2H3. The number of carbonyl (C=O) groups is 1. The molecule has 0 amide bonds. The molecule has 0 atom stereocenters. The molecular formula is C12H9F3N2O2. The number of hydrogen-bond donors (Lipinski definition) is 0. The average molecular weight is 270 g/mol. The van der Waals surface area contributed by atoms with E-state index in [1.165, 1.54) is 25.0 Å². The van der Waals surface area contributed by atoms with E-state index in [9.17, 15) is 18.0 Å². The molecule has 2 rings (SSSR count). The van der Waals surface area contributed by atoms with E-state index in [1.807, 2.05) is 0 Å². The Kier molecular flexibility index (Phi) is 3.28. The first-order chi connectivity index (χ1) is 8.95. The lowest BCUT2D eigenvalue weighted by atomic mass is 10.1. The molecular weight excluding hydrogens is 261 g/mol. The number of aromatic nitrogens is 2. The quantitative estimate of drug-likeness (QED) is 0.633. The Bertz CT molecular complexity index is 629. The largest absolute Gasteiger partial charge is 0.493 e. The van der Waals surface area contributed by atoms with Crippen LogP contribution in [0.2, 0.25) is 0 Å². The van der Waals surface area contributed by atoms with Crippen LogP contribution in [0.4, 0.5) is 13.2 Å². The molecule has 4 nitrogen and oxygen atoms in total. The molecule has 0 bridgehead atoms. The molecule has 2 aromatic rings. The van der Waals surface area contributed by atoms with Crippen LogP contribution in [0.15, 0.2) is 18.3 Å². The molecule has 0 spiro atoms. The molecule has 0 unspecified atom stereocenters. The Labute approximate surface area is 106 Å². The predicted octanol–water partition coefficient (Wildman–Crippen LogP) is 2.08. The highest BCUT2D eigenvalue weighted by Crippen LogP contribution is 2.22. The summed E-state index contributed by atoms with van der Waals surface area (Å²) in [6.45, 7) is 0. The van der Waals surface area contributed by atoms with Crippen LogP contribution in [0.25, 0.3) is 0 Å². The van der Waals surface area contributed by atoms with Gasteiger partial charge in [-0.1, -0.05) is 0 Å². The predicted molar refractivity (Wildman–Crippen MR) is 59.5 cm³/mol. The molecule has 0 saturated carbocycles. The van der Waals surface area contributed by atoms with Crippen molar-refractivity contribution in [1.82, 2.24) is 9.78 Å². The number of ether oxygens (including phenoxy) is 1. The Hall–Kier alpha value is -2.31. The van der Waals surface area contributed by atoms with Crippen molar-refractivity contribution in [3.8, 4) is 5.75 Å². The van der Waals surface area contributed by atoms with Gasteiger partial charge in [-0.15, -0.1) is 0 Å². The molecule has 7 heteroatoms. The average Bonchev–Trinajstić information content (AvgIpc) is 2.75. The number of benzene rings is 1. The summed E-state index contributed by atoms with van der Waals surface area (Å²) in [6, 6.07) is 1.26. The number of hydrogen-bond acceptors (Lipinski definition) is 3. The van der Waals surface area contributed by atoms with Crippen molar-refractivity contribution in [2.75, 3.05) is 7.11 Å². The molecule has 0 aliphatic rings. The highest BCUT2D eigenvalue weighted by molar-refractivity contribution is 6.09. The third kappa shape index (κ3) is 2.18. The molecule has 0 fully saturated rings. The third-order valence-electron chi connectivity index (χ3n) is 2.59. The molecule has 0 radical (unpaired) electrons. The highest BCUT2D eigenvalue weighted by Gasteiger charge is 2.22. The number of nitrogens with zero attached hydrogens (tertiary/aromatic N) is 2. The van der Waals surface area contributed by atoms with Gasteiger partial charge in [0.25, 0.3) is 0 Å². The SMILES string of the molecule is COc1cnn(C)c1C(=O)c1cc(F)c(F)c(F)c1. The van der Waals surface area contributed by atoms with Gasteiger partial charge < -0.3 is 4.74 Å². The third-order valence-corrected chi connectivity index (χ3v) is 2.59. The zero-order chi connectivity index (χ0) is 14.2. The molecule has 0 aliphatic carbocycles. The van der Waals surface area contributed by atoms with Gasteiger partial charge in [0.1, 0.15) is 0 Å². The van der Waals surface area contributed by atoms with E-state index >= 15 is 0 Å². The summed E-state index contributed by atoms with van der Waals surface area (Å²) in [6.07, 6.45) is 1.30. The zero-order valence-corrected chi connectivity index (χ0v) is 10.1. The van der Waals surface area contributed by atoms with E-state index in [0.717, 1.165) is 0 Å². The minimum absolute atomic E-state index is 0.0212. The van der Waals surface area contributed by atoms with Gasteiger partial charge in [-0.2, -0.15) is 5.10 Å². The number of halogens is 3. The second-order valence-corrected chi connectivity index (χ2v) is 3.77.